The van der Waals surface area contributed by atoms with E-state index in [9.17, 15) is 24.5 Å². The number of carbonyl (C=O) groups is 2. The van der Waals surface area contributed by atoms with Crippen molar-refractivity contribution in [3.05, 3.63) is 116 Å². The Labute approximate surface area is 297 Å². The van der Waals surface area contributed by atoms with E-state index in [0.717, 1.165) is 10.9 Å². The van der Waals surface area contributed by atoms with Crippen molar-refractivity contribution in [3.63, 3.8) is 0 Å². The standard InChI is InChI=1S/C40H36N2O10/c1-39(2)36-29-22-26(48-18-19-50-34(44)20-23-10-15-33(43)49-17-16-23)13-14-31(29)41-40(39,30-8-5-6-24-11-12-25(42(46)47)21-28(24)30)52-37-27-7-3-4-9-32(27)51-38(45)35(36)37/h3-9,11-14,21-23,36,41H,10,15-20H2,1-2H3/t23?,36-,40?/m1/s1. The summed E-state index contributed by atoms with van der Waals surface area (Å²) < 4.78 is 29.6. The second-order valence-electron chi connectivity index (χ2n) is 14.1. The Morgan fingerprint density at radius 1 is 0.981 bits per heavy atom. The van der Waals surface area contributed by atoms with Crippen LogP contribution < -0.4 is 20.4 Å². The lowest BCUT2D eigenvalue weighted by Crippen LogP contribution is -2.61. The van der Waals surface area contributed by atoms with E-state index in [4.69, 9.17) is 23.4 Å². The number of fused-ring (bicyclic) bond motifs is 9. The van der Waals surface area contributed by atoms with Gasteiger partial charge in [-0.1, -0.05) is 44.2 Å². The smallest absolute Gasteiger partial charge is 0.343 e. The van der Waals surface area contributed by atoms with Gasteiger partial charge >= 0.3 is 17.6 Å². The number of nitro groups is 1. The molecule has 8 rings (SSSR count). The number of hydrogen-bond donors (Lipinski definition) is 1. The van der Waals surface area contributed by atoms with Gasteiger partial charge in [-0.2, -0.15) is 0 Å². The molecule has 3 aliphatic heterocycles. The molecule has 0 spiro atoms. The van der Waals surface area contributed by atoms with Gasteiger partial charge in [-0.15, -0.1) is 0 Å². The van der Waals surface area contributed by atoms with Crippen molar-refractivity contribution in [1.82, 2.24) is 0 Å². The lowest BCUT2D eigenvalue weighted by Gasteiger charge is -2.58. The molecule has 1 aromatic heterocycles. The van der Waals surface area contributed by atoms with Gasteiger partial charge < -0.3 is 28.7 Å². The summed E-state index contributed by atoms with van der Waals surface area (Å²) in [6.07, 6.45) is 1.73. The number of hydrogen-bond acceptors (Lipinski definition) is 11. The van der Waals surface area contributed by atoms with E-state index in [1.165, 1.54) is 6.07 Å². The molecule has 3 aliphatic rings. The van der Waals surface area contributed by atoms with Crippen LogP contribution in [0.4, 0.5) is 11.4 Å². The third-order valence-corrected chi connectivity index (χ3v) is 10.7. The molecule has 4 aromatic carbocycles. The average molecular weight is 705 g/mol. The van der Waals surface area contributed by atoms with Gasteiger partial charge in [0.05, 0.1) is 22.5 Å². The zero-order valence-electron chi connectivity index (χ0n) is 28.6. The van der Waals surface area contributed by atoms with Crippen LogP contribution in [0.2, 0.25) is 0 Å². The summed E-state index contributed by atoms with van der Waals surface area (Å²) in [6.45, 7) is 4.46. The van der Waals surface area contributed by atoms with E-state index < -0.39 is 27.6 Å². The van der Waals surface area contributed by atoms with Crippen LogP contribution in [0.25, 0.3) is 21.7 Å². The number of esters is 2. The van der Waals surface area contributed by atoms with Gasteiger partial charge in [0.15, 0.2) is 0 Å². The molecule has 1 saturated heterocycles. The van der Waals surface area contributed by atoms with Crippen LogP contribution in [0, 0.1) is 21.4 Å². The lowest BCUT2D eigenvalue weighted by molar-refractivity contribution is -0.384. The summed E-state index contributed by atoms with van der Waals surface area (Å²) in [4.78, 5) is 49.5. The molecule has 52 heavy (non-hydrogen) atoms. The fourth-order valence-corrected chi connectivity index (χ4v) is 8.09. The average Bonchev–Trinajstić information content (AvgIpc) is 3.33. The topological polar surface area (TPSA) is 156 Å². The van der Waals surface area contributed by atoms with Gasteiger partial charge in [0.1, 0.15) is 30.3 Å². The molecule has 1 N–H and O–H groups in total. The molecular formula is C40H36N2O10. The number of cyclic esters (lactones) is 1. The van der Waals surface area contributed by atoms with Crippen molar-refractivity contribution in [2.24, 2.45) is 11.3 Å². The Morgan fingerprint density at radius 2 is 1.83 bits per heavy atom. The summed E-state index contributed by atoms with van der Waals surface area (Å²) in [5.41, 5.74) is 0.138. The van der Waals surface area contributed by atoms with Crippen molar-refractivity contribution in [1.29, 1.82) is 0 Å². The van der Waals surface area contributed by atoms with Crippen molar-refractivity contribution >= 4 is 45.1 Å². The summed E-state index contributed by atoms with van der Waals surface area (Å²) in [5.74, 6) is -0.245. The first-order chi connectivity index (χ1) is 25.1. The summed E-state index contributed by atoms with van der Waals surface area (Å²) >= 11 is 0. The highest BCUT2D eigenvalue weighted by atomic mass is 16.6. The number of ether oxygens (including phenoxy) is 4. The van der Waals surface area contributed by atoms with Crippen LogP contribution in [0.15, 0.2) is 88.1 Å². The number of nitrogens with one attached hydrogen (secondary N) is 1. The Kier molecular flexibility index (Phi) is 8.12. The fraction of sp³-hybridized carbons (Fsp3) is 0.325. The number of anilines is 1. The van der Waals surface area contributed by atoms with Crippen molar-refractivity contribution in [2.75, 3.05) is 25.1 Å². The number of para-hydroxylation sites is 1. The Bertz CT molecular complexity index is 2330. The first-order valence-corrected chi connectivity index (χ1v) is 17.3. The quantitative estimate of drug-likeness (QED) is 0.0567. The molecule has 4 heterocycles. The largest absolute Gasteiger partial charge is 0.490 e. The molecular weight excluding hydrogens is 668 g/mol. The molecule has 12 heteroatoms. The molecule has 0 aliphatic carbocycles. The minimum absolute atomic E-state index is 0.0320. The van der Waals surface area contributed by atoms with Gasteiger partial charge in [-0.25, -0.2) is 4.79 Å². The van der Waals surface area contributed by atoms with Crippen LogP contribution in [-0.4, -0.2) is 36.7 Å². The van der Waals surface area contributed by atoms with Gasteiger partial charge in [0.25, 0.3) is 5.69 Å². The molecule has 0 radical (unpaired) electrons. The maximum Gasteiger partial charge on any atom is 0.343 e. The number of carbonyl (C=O) groups excluding carboxylic acids is 2. The molecule has 5 aromatic rings. The van der Waals surface area contributed by atoms with E-state index in [0.29, 0.717) is 70.5 Å². The molecule has 2 bridgehead atoms. The highest BCUT2D eigenvalue weighted by molar-refractivity contribution is 5.91. The Balaban J connectivity index is 1.16. The minimum atomic E-state index is -1.30. The second kappa shape index (κ2) is 12.7. The minimum Gasteiger partial charge on any atom is -0.490 e. The number of benzene rings is 4. The van der Waals surface area contributed by atoms with E-state index in [1.807, 2.05) is 56.3 Å². The molecule has 0 saturated carbocycles. The Hall–Kier alpha value is -5.91. The third-order valence-electron chi connectivity index (χ3n) is 10.7. The monoisotopic (exact) mass is 704 g/mol. The predicted molar refractivity (Wildman–Crippen MR) is 190 cm³/mol. The summed E-state index contributed by atoms with van der Waals surface area (Å²) in [7, 11) is 0. The van der Waals surface area contributed by atoms with E-state index in [1.54, 1.807) is 30.3 Å². The number of non-ortho nitro benzene ring substituents is 1. The highest BCUT2D eigenvalue weighted by Crippen LogP contribution is 2.64. The van der Waals surface area contributed by atoms with Crippen LogP contribution in [-0.2, 0) is 24.8 Å². The number of nitrogens with zero attached hydrogens (tertiary/aromatic N) is 1. The molecule has 12 nitrogen and oxygen atoms in total. The zero-order chi connectivity index (χ0) is 36.2. The first kappa shape index (κ1) is 33.2. The number of nitro benzene ring substituents is 1. The van der Waals surface area contributed by atoms with Crippen molar-refractivity contribution in [2.45, 2.75) is 51.2 Å². The summed E-state index contributed by atoms with van der Waals surface area (Å²) in [6, 6.07) is 23.2. The Morgan fingerprint density at radius 3 is 2.67 bits per heavy atom. The van der Waals surface area contributed by atoms with Gasteiger partial charge in [-0.3, -0.25) is 19.7 Å². The highest BCUT2D eigenvalue weighted by Gasteiger charge is 2.62. The van der Waals surface area contributed by atoms with E-state index in [2.05, 4.69) is 5.32 Å². The van der Waals surface area contributed by atoms with Crippen LogP contribution in [0.1, 0.15) is 62.1 Å². The maximum absolute atomic E-state index is 13.9. The predicted octanol–water partition coefficient (Wildman–Crippen LogP) is 7.34. The van der Waals surface area contributed by atoms with Crippen LogP contribution >= 0.6 is 0 Å². The van der Waals surface area contributed by atoms with Gasteiger partial charge in [0.2, 0.25) is 5.72 Å². The van der Waals surface area contributed by atoms with E-state index >= 15 is 0 Å². The SMILES string of the molecule is CC1(C)[C@@H]2c3cc(OCCOC(=O)CC4CCOC(=O)CC4)ccc3NC1(c1cccc3ccc([N+](=O)[O-])cc13)Oc1c2c(=O)oc2ccccc12. The van der Waals surface area contributed by atoms with Crippen LogP contribution in [0.5, 0.6) is 11.5 Å². The van der Waals surface area contributed by atoms with E-state index in [-0.39, 0.29) is 43.2 Å². The molecule has 2 unspecified atom stereocenters. The van der Waals surface area contributed by atoms with Gasteiger partial charge in [-0.05, 0) is 71.5 Å². The molecule has 266 valence electrons. The van der Waals surface area contributed by atoms with Crippen LogP contribution in [0.3, 0.4) is 0 Å². The molecule has 1 fully saturated rings. The zero-order valence-corrected chi connectivity index (χ0v) is 28.6. The van der Waals surface area contributed by atoms with Gasteiger partial charge in [0, 0.05) is 47.6 Å². The third kappa shape index (κ3) is 5.49. The second-order valence-corrected chi connectivity index (χ2v) is 14.1. The number of rotatable bonds is 8. The molecule has 3 atom stereocenters. The molecule has 0 amide bonds. The fourth-order valence-electron chi connectivity index (χ4n) is 8.09. The summed E-state index contributed by atoms with van der Waals surface area (Å²) in [5, 5.41) is 17.7. The van der Waals surface area contributed by atoms with Crippen molar-refractivity contribution < 1.29 is 37.9 Å². The van der Waals surface area contributed by atoms with Crippen molar-refractivity contribution in [3.8, 4) is 11.5 Å². The maximum atomic E-state index is 13.9. The lowest BCUT2D eigenvalue weighted by atomic mass is 9.59. The first-order valence-electron chi connectivity index (χ1n) is 17.3. The normalized spacial score (nSPS) is 21.5.